The lowest BCUT2D eigenvalue weighted by Gasteiger charge is -2.31. The molecule has 1 amide bonds. The van der Waals surface area contributed by atoms with Crippen LogP contribution in [0.4, 0.5) is 0 Å². The van der Waals surface area contributed by atoms with Crippen molar-refractivity contribution in [3.05, 3.63) is 29.8 Å². The minimum atomic E-state index is -0.869. The summed E-state index contributed by atoms with van der Waals surface area (Å²) in [5.74, 6) is 0.412. The lowest BCUT2D eigenvalue weighted by Crippen LogP contribution is -2.53. The van der Waals surface area contributed by atoms with Crippen LogP contribution in [0, 0.1) is 0 Å². The summed E-state index contributed by atoms with van der Waals surface area (Å²) in [4.78, 5) is 11.9. The maximum absolute atomic E-state index is 11.9. The van der Waals surface area contributed by atoms with Crippen LogP contribution in [-0.4, -0.2) is 18.1 Å². The van der Waals surface area contributed by atoms with Crippen molar-refractivity contribution in [3.8, 4) is 5.75 Å². The number of ether oxygens (including phenoxy) is 1. The zero-order valence-corrected chi connectivity index (χ0v) is 13.1. The maximum atomic E-state index is 11.9. The zero-order chi connectivity index (χ0) is 15.3. The first-order valence-electron chi connectivity index (χ1n) is 7.14. The molecule has 1 aromatic carbocycles. The van der Waals surface area contributed by atoms with Crippen LogP contribution in [0.15, 0.2) is 24.3 Å². The van der Waals surface area contributed by atoms with Gasteiger partial charge in [0.25, 0.3) is 0 Å². The third-order valence-electron chi connectivity index (χ3n) is 3.44. The molecule has 2 atom stereocenters. The molecular formula is C16H26N2O2. The van der Waals surface area contributed by atoms with Crippen molar-refractivity contribution in [1.29, 1.82) is 0 Å². The zero-order valence-electron chi connectivity index (χ0n) is 13.1. The average molecular weight is 278 g/mol. The van der Waals surface area contributed by atoms with Crippen molar-refractivity contribution in [2.24, 2.45) is 5.73 Å². The van der Waals surface area contributed by atoms with E-state index >= 15 is 0 Å². The highest BCUT2D eigenvalue weighted by atomic mass is 16.5. The van der Waals surface area contributed by atoms with Crippen molar-refractivity contribution in [3.63, 3.8) is 0 Å². The van der Waals surface area contributed by atoms with Crippen LogP contribution in [0.5, 0.6) is 5.75 Å². The number of amides is 1. The number of hydrogen-bond donors (Lipinski definition) is 2. The Bertz CT molecular complexity index is 442. The topological polar surface area (TPSA) is 64.3 Å². The Morgan fingerprint density at radius 2 is 1.85 bits per heavy atom. The van der Waals surface area contributed by atoms with E-state index in [4.69, 9.17) is 10.5 Å². The van der Waals surface area contributed by atoms with Gasteiger partial charge in [0, 0.05) is 6.04 Å². The summed E-state index contributed by atoms with van der Waals surface area (Å²) in [5, 5.41) is 3.30. The largest absolute Gasteiger partial charge is 0.491 e. The van der Waals surface area contributed by atoms with Crippen LogP contribution in [-0.2, 0) is 10.3 Å². The van der Waals surface area contributed by atoms with Crippen LogP contribution in [0.3, 0.4) is 0 Å². The molecule has 4 nitrogen and oxygen atoms in total. The van der Waals surface area contributed by atoms with Gasteiger partial charge in [-0.1, -0.05) is 19.1 Å². The van der Waals surface area contributed by atoms with Crippen molar-refractivity contribution < 1.29 is 9.53 Å². The normalized spacial score (nSPS) is 15.7. The minimum Gasteiger partial charge on any atom is -0.491 e. The number of carbonyl (C=O) groups is 1. The van der Waals surface area contributed by atoms with E-state index in [1.807, 2.05) is 52.0 Å². The van der Waals surface area contributed by atoms with E-state index in [1.165, 1.54) is 0 Å². The van der Waals surface area contributed by atoms with Gasteiger partial charge in [-0.05, 0) is 51.8 Å². The second kappa shape index (κ2) is 6.75. The van der Waals surface area contributed by atoms with Gasteiger partial charge in [-0.2, -0.15) is 0 Å². The van der Waals surface area contributed by atoms with Crippen LogP contribution in [0.25, 0.3) is 0 Å². The highest BCUT2D eigenvalue weighted by Crippen LogP contribution is 2.24. The van der Waals surface area contributed by atoms with Gasteiger partial charge in [-0.15, -0.1) is 0 Å². The number of hydrogen-bond acceptors (Lipinski definition) is 3. The van der Waals surface area contributed by atoms with Crippen LogP contribution >= 0.6 is 0 Å². The highest BCUT2D eigenvalue weighted by molar-refractivity contribution is 5.85. The molecule has 0 aromatic heterocycles. The van der Waals surface area contributed by atoms with Gasteiger partial charge in [0.2, 0.25) is 5.91 Å². The number of primary amides is 1. The standard InChI is InChI=1S/C16H26N2O2/c1-6-12(4)18-16(5,15(17)19)13-7-9-14(10-8-13)20-11(2)3/h7-12,18H,6H2,1-5H3,(H2,17,19). The minimum absolute atomic E-state index is 0.126. The lowest BCUT2D eigenvalue weighted by molar-refractivity contribution is -0.124. The summed E-state index contributed by atoms with van der Waals surface area (Å²) in [7, 11) is 0. The summed E-state index contributed by atoms with van der Waals surface area (Å²) < 4.78 is 5.61. The molecule has 112 valence electrons. The molecular weight excluding hydrogens is 252 g/mol. The van der Waals surface area contributed by atoms with Gasteiger partial charge in [-0.3, -0.25) is 10.1 Å². The first kappa shape index (κ1) is 16.5. The van der Waals surface area contributed by atoms with Crippen molar-refractivity contribution >= 4 is 5.91 Å². The van der Waals surface area contributed by atoms with E-state index < -0.39 is 5.54 Å². The quantitative estimate of drug-likeness (QED) is 0.805. The Hall–Kier alpha value is -1.55. The lowest BCUT2D eigenvalue weighted by atomic mass is 9.90. The molecule has 3 N–H and O–H groups in total. The fourth-order valence-electron chi connectivity index (χ4n) is 2.03. The van der Waals surface area contributed by atoms with Gasteiger partial charge in [0.15, 0.2) is 0 Å². The van der Waals surface area contributed by atoms with E-state index in [9.17, 15) is 4.79 Å². The first-order chi connectivity index (χ1) is 9.29. The monoisotopic (exact) mass is 278 g/mol. The predicted octanol–water partition coefficient (Wildman–Crippen LogP) is 2.56. The summed E-state index contributed by atoms with van der Waals surface area (Å²) in [5.41, 5.74) is 5.57. The molecule has 0 aliphatic heterocycles. The van der Waals surface area contributed by atoms with E-state index in [1.54, 1.807) is 0 Å². The second-order valence-electron chi connectivity index (χ2n) is 5.63. The van der Waals surface area contributed by atoms with Crippen molar-refractivity contribution in [1.82, 2.24) is 5.32 Å². The number of nitrogens with two attached hydrogens (primary N) is 1. The number of benzene rings is 1. The molecule has 0 radical (unpaired) electrons. The third-order valence-corrected chi connectivity index (χ3v) is 3.44. The number of carbonyl (C=O) groups excluding carboxylic acids is 1. The van der Waals surface area contributed by atoms with Gasteiger partial charge in [0.05, 0.1) is 6.10 Å². The van der Waals surface area contributed by atoms with Gasteiger partial charge in [-0.25, -0.2) is 0 Å². The van der Waals surface area contributed by atoms with Crippen LogP contribution in [0.1, 0.15) is 46.6 Å². The Morgan fingerprint density at radius 1 is 1.30 bits per heavy atom. The fraction of sp³-hybridized carbons (Fsp3) is 0.562. The predicted molar refractivity (Wildman–Crippen MR) is 81.6 cm³/mol. The molecule has 0 bridgehead atoms. The summed E-state index contributed by atoms with van der Waals surface area (Å²) in [6.45, 7) is 9.88. The van der Waals surface area contributed by atoms with Crippen molar-refractivity contribution in [2.75, 3.05) is 0 Å². The second-order valence-corrected chi connectivity index (χ2v) is 5.63. The number of nitrogens with one attached hydrogen (secondary N) is 1. The van der Waals surface area contributed by atoms with Crippen LogP contribution < -0.4 is 15.8 Å². The van der Waals surface area contributed by atoms with Crippen molar-refractivity contribution in [2.45, 2.75) is 58.7 Å². The van der Waals surface area contributed by atoms with E-state index in [0.717, 1.165) is 17.7 Å². The molecule has 1 aromatic rings. The summed E-state index contributed by atoms with van der Waals surface area (Å²) >= 11 is 0. The first-order valence-corrected chi connectivity index (χ1v) is 7.14. The molecule has 0 aliphatic rings. The molecule has 0 fully saturated rings. The molecule has 2 unspecified atom stereocenters. The fourth-order valence-corrected chi connectivity index (χ4v) is 2.03. The van der Waals surface area contributed by atoms with Gasteiger partial charge >= 0.3 is 0 Å². The molecule has 0 saturated heterocycles. The SMILES string of the molecule is CCC(C)NC(C)(C(N)=O)c1ccc(OC(C)C)cc1. The highest BCUT2D eigenvalue weighted by Gasteiger charge is 2.33. The van der Waals surface area contributed by atoms with E-state index in [2.05, 4.69) is 12.2 Å². The summed E-state index contributed by atoms with van der Waals surface area (Å²) in [6, 6.07) is 7.72. The average Bonchev–Trinajstić information content (AvgIpc) is 2.38. The number of rotatable bonds is 7. The summed E-state index contributed by atoms with van der Waals surface area (Å²) in [6.07, 6.45) is 1.05. The Morgan fingerprint density at radius 3 is 2.25 bits per heavy atom. The Kier molecular flexibility index (Phi) is 5.57. The maximum Gasteiger partial charge on any atom is 0.242 e. The molecule has 0 aliphatic carbocycles. The Balaban J connectivity index is 3.00. The molecule has 1 rings (SSSR count). The molecule has 20 heavy (non-hydrogen) atoms. The third kappa shape index (κ3) is 3.97. The van der Waals surface area contributed by atoms with Gasteiger partial charge < -0.3 is 10.5 Å². The molecule has 0 saturated carbocycles. The Labute approximate surface area is 121 Å². The molecule has 0 spiro atoms. The van der Waals surface area contributed by atoms with Crippen LogP contribution in [0.2, 0.25) is 0 Å². The smallest absolute Gasteiger partial charge is 0.242 e. The van der Waals surface area contributed by atoms with E-state index in [-0.39, 0.29) is 18.1 Å². The van der Waals surface area contributed by atoms with E-state index in [0.29, 0.717) is 0 Å². The molecule has 0 heterocycles. The molecule has 4 heteroatoms. The van der Waals surface area contributed by atoms with Gasteiger partial charge in [0.1, 0.15) is 11.3 Å².